The molecule has 1 aromatic carbocycles. The van der Waals surface area contributed by atoms with Crippen LogP contribution in [0.25, 0.3) is 33.1 Å². The lowest BCUT2D eigenvalue weighted by molar-refractivity contribution is 0.0872. The van der Waals surface area contributed by atoms with Crippen molar-refractivity contribution in [1.29, 1.82) is 0 Å². The minimum atomic E-state index is -0.254. The van der Waals surface area contributed by atoms with Crippen molar-refractivity contribution in [1.82, 2.24) is 24.8 Å². The first-order valence-corrected chi connectivity index (χ1v) is 12.3. The Labute approximate surface area is 207 Å². The number of anilines is 1. The van der Waals surface area contributed by atoms with Gasteiger partial charge in [-0.1, -0.05) is 18.2 Å². The van der Waals surface area contributed by atoms with E-state index in [9.17, 15) is 4.79 Å². The summed E-state index contributed by atoms with van der Waals surface area (Å²) in [6, 6.07) is 13.7. The third-order valence-electron chi connectivity index (χ3n) is 8.30. The van der Waals surface area contributed by atoms with E-state index in [4.69, 9.17) is 20.1 Å². The lowest BCUT2D eigenvalue weighted by Gasteiger charge is -2.31. The van der Waals surface area contributed by atoms with Crippen LogP contribution in [0.3, 0.4) is 0 Å². The number of nitrogens with two attached hydrogens (primary N) is 1. The molecule has 0 spiro atoms. The molecule has 0 saturated heterocycles. The molecular weight excluding hydrogens is 452 g/mol. The monoisotopic (exact) mass is 478 g/mol. The number of fused-ring (bicyclic) bond motifs is 4. The normalized spacial score (nSPS) is 23.0. The highest BCUT2D eigenvalue weighted by Crippen LogP contribution is 2.57. The fraction of sp³-hybridized carbons (Fsp3) is 0.286. The molecule has 8 nitrogen and oxygen atoms in total. The van der Waals surface area contributed by atoms with Crippen molar-refractivity contribution < 1.29 is 9.21 Å². The van der Waals surface area contributed by atoms with Crippen molar-refractivity contribution in [3.05, 3.63) is 72.7 Å². The van der Waals surface area contributed by atoms with Crippen molar-refractivity contribution in [2.45, 2.75) is 50.1 Å². The molecule has 0 radical (unpaired) electrons. The molecule has 180 valence electrons. The number of hydrogen-bond acceptors (Lipinski definition) is 6. The predicted molar refractivity (Wildman–Crippen MR) is 137 cm³/mol. The molecule has 2 fully saturated rings. The SMILES string of the molecule is Cc1c(-c2cnc3ccccc3c2)c2c(N)ncnc2n1C12CCC(NC(=O)c3ccco3)(CC1)C2. The van der Waals surface area contributed by atoms with Crippen LogP contribution in [0, 0.1) is 6.92 Å². The number of nitrogens with one attached hydrogen (secondary N) is 1. The summed E-state index contributed by atoms with van der Waals surface area (Å²) < 4.78 is 7.71. The molecule has 0 atom stereocenters. The van der Waals surface area contributed by atoms with Gasteiger partial charge in [0.15, 0.2) is 5.76 Å². The number of furan rings is 1. The maximum Gasteiger partial charge on any atom is 0.287 e. The molecule has 0 aliphatic heterocycles. The lowest BCUT2D eigenvalue weighted by Crippen LogP contribution is -2.44. The Hall–Kier alpha value is -4.20. The van der Waals surface area contributed by atoms with Gasteiger partial charge in [0, 0.05) is 39.5 Å². The molecular formula is C28H26N6O2. The largest absolute Gasteiger partial charge is 0.459 e. The molecule has 2 bridgehead atoms. The molecule has 2 saturated carbocycles. The summed E-state index contributed by atoms with van der Waals surface area (Å²) in [6.07, 6.45) is 9.56. The Balaban J connectivity index is 1.35. The van der Waals surface area contributed by atoms with Crippen LogP contribution >= 0.6 is 0 Å². The molecule has 7 rings (SSSR count). The molecule has 4 aromatic heterocycles. The van der Waals surface area contributed by atoms with Crippen LogP contribution in [0.15, 0.2) is 65.7 Å². The highest BCUT2D eigenvalue weighted by atomic mass is 16.3. The van der Waals surface area contributed by atoms with E-state index < -0.39 is 0 Å². The lowest BCUT2D eigenvalue weighted by atomic mass is 9.90. The molecule has 0 unspecified atom stereocenters. The molecule has 3 N–H and O–H groups in total. The summed E-state index contributed by atoms with van der Waals surface area (Å²) in [7, 11) is 0. The van der Waals surface area contributed by atoms with Crippen LogP contribution < -0.4 is 11.1 Å². The van der Waals surface area contributed by atoms with Crippen LogP contribution in [0.2, 0.25) is 0 Å². The van der Waals surface area contributed by atoms with Crippen LogP contribution in [0.5, 0.6) is 0 Å². The first kappa shape index (κ1) is 21.1. The topological polar surface area (TPSA) is 112 Å². The number of para-hydroxylation sites is 1. The van der Waals surface area contributed by atoms with Gasteiger partial charge in [-0.15, -0.1) is 0 Å². The van der Waals surface area contributed by atoms with Crippen molar-refractivity contribution >= 4 is 33.7 Å². The van der Waals surface area contributed by atoms with Crippen LogP contribution in [-0.2, 0) is 5.54 Å². The zero-order valence-electron chi connectivity index (χ0n) is 20.0. The second-order valence-corrected chi connectivity index (χ2v) is 10.3. The molecule has 4 heterocycles. The Morgan fingerprint density at radius 2 is 1.92 bits per heavy atom. The van der Waals surface area contributed by atoms with Gasteiger partial charge in [-0.3, -0.25) is 9.78 Å². The number of carbonyl (C=O) groups is 1. The van der Waals surface area contributed by atoms with Gasteiger partial charge in [0.1, 0.15) is 17.8 Å². The second kappa shape index (κ2) is 7.40. The summed E-state index contributed by atoms with van der Waals surface area (Å²) >= 11 is 0. The number of hydrogen-bond donors (Lipinski definition) is 2. The fourth-order valence-corrected chi connectivity index (χ4v) is 6.75. The van der Waals surface area contributed by atoms with Crippen molar-refractivity contribution in [3.63, 3.8) is 0 Å². The zero-order chi connectivity index (χ0) is 24.5. The van der Waals surface area contributed by atoms with Crippen molar-refractivity contribution in [3.8, 4) is 11.1 Å². The van der Waals surface area contributed by atoms with E-state index in [1.807, 2.05) is 24.4 Å². The van der Waals surface area contributed by atoms with E-state index in [0.717, 1.165) is 70.9 Å². The molecule has 8 heteroatoms. The maximum atomic E-state index is 12.8. The van der Waals surface area contributed by atoms with Gasteiger partial charge in [-0.25, -0.2) is 9.97 Å². The first-order chi connectivity index (χ1) is 17.5. The van der Waals surface area contributed by atoms with Crippen molar-refractivity contribution in [2.24, 2.45) is 0 Å². The third-order valence-corrected chi connectivity index (χ3v) is 8.30. The fourth-order valence-electron chi connectivity index (χ4n) is 6.75. The zero-order valence-corrected chi connectivity index (χ0v) is 20.0. The van der Waals surface area contributed by atoms with Gasteiger partial charge in [-0.05, 0) is 63.3 Å². The van der Waals surface area contributed by atoms with Crippen LogP contribution in [-0.4, -0.2) is 31.0 Å². The summed E-state index contributed by atoms with van der Waals surface area (Å²) in [6.45, 7) is 2.14. The average Bonchev–Trinajstić information content (AvgIpc) is 3.66. The minimum Gasteiger partial charge on any atom is -0.459 e. The Kier molecular flexibility index (Phi) is 4.34. The van der Waals surface area contributed by atoms with E-state index in [0.29, 0.717) is 11.6 Å². The number of carbonyl (C=O) groups excluding carboxylic acids is 1. The molecule has 1 amide bonds. The number of nitrogens with zero attached hydrogens (tertiary/aromatic N) is 4. The van der Waals surface area contributed by atoms with Gasteiger partial charge in [0.25, 0.3) is 5.91 Å². The number of nitrogen functional groups attached to an aromatic ring is 1. The second-order valence-electron chi connectivity index (χ2n) is 10.3. The maximum absolute atomic E-state index is 12.8. The highest BCUT2D eigenvalue weighted by molar-refractivity contribution is 6.03. The van der Waals surface area contributed by atoms with Crippen LogP contribution in [0.4, 0.5) is 5.82 Å². The first-order valence-electron chi connectivity index (χ1n) is 12.3. The summed E-state index contributed by atoms with van der Waals surface area (Å²) in [5.41, 5.74) is 11.0. The van der Waals surface area contributed by atoms with Gasteiger partial charge >= 0.3 is 0 Å². The predicted octanol–water partition coefficient (Wildman–Crippen LogP) is 4.97. The number of rotatable bonds is 4. The third kappa shape index (κ3) is 2.93. The summed E-state index contributed by atoms with van der Waals surface area (Å²) in [5.74, 6) is 0.666. The van der Waals surface area contributed by atoms with Gasteiger partial charge in [0.2, 0.25) is 0 Å². The Bertz CT molecular complexity index is 1640. The van der Waals surface area contributed by atoms with E-state index in [1.165, 1.54) is 6.26 Å². The Morgan fingerprint density at radius 1 is 1.08 bits per heavy atom. The van der Waals surface area contributed by atoms with Crippen molar-refractivity contribution in [2.75, 3.05) is 5.73 Å². The average molecular weight is 479 g/mol. The molecule has 2 aliphatic rings. The Morgan fingerprint density at radius 3 is 2.72 bits per heavy atom. The quantitative estimate of drug-likeness (QED) is 0.377. The number of pyridine rings is 1. The van der Waals surface area contributed by atoms with E-state index in [1.54, 1.807) is 18.5 Å². The summed E-state index contributed by atoms with van der Waals surface area (Å²) in [5, 5.41) is 5.25. The minimum absolute atomic E-state index is 0.151. The highest BCUT2D eigenvalue weighted by Gasteiger charge is 2.57. The molecule has 5 aromatic rings. The van der Waals surface area contributed by atoms with Gasteiger partial charge in [0.05, 0.1) is 17.2 Å². The van der Waals surface area contributed by atoms with Gasteiger partial charge < -0.3 is 20.0 Å². The summed E-state index contributed by atoms with van der Waals surface area (Å²) in [4.78, 5) is 26.6. The number of amides is 1. The van der Waals surface area contributed by atoms with E-state index >= 15 is 0 Å². The van der Waals surface area contributed by atoms with Gasteiger partial charge in [-0.2, -0.15) is 0 Å². The molecule has 2 aliphatic carbocycles. The van der Waals surface area contributed by atoms with Crippen LogP contribution in [0.1, 0.15) is 48.4 Å². The number of benzene rings is 1. The van der Waals surface area contributed by atoms with E-state index in [-0.39, 0.29) is 17.0 Å². The smallest absolute Gasteiger partial charge is 0.287 e. The van der Waals surface area contributed by atoms with E-state index in [2.05, 4.69) is 33.9 Å². The standard InChI is InChI=1S/C28H26N6O2/c1-17-22(19-13-18-5-2-3-6-20(18)30-14-19)23-24(29)31-16-32-25(23)34(17)28-10-8-27(15-28,9-11-28)33-26(35)21-7-4-12-36-21/h2-7,12-14,16H,8-11,15H2,1H3,(H,33,35)(H2,29,31,32). The number of aromatic nitrogens is 4. The molecule has 36 heavy (non-hydrogen) atoms.